The summed E-state index contributed by atoms with van der Waals surface area (Å²) in [4.78, 5) is 16.8. The fourth-order valence-electron chi connectivity index (χ4n) is 2.87. The van der Waals surface area contributed by atoms with Crippen molar-refractivity contribution in [3.05, 3.63) is 47.3 Å². The number of aryl methyl sites for hydroxylation is 1. The van der Waals surface area contributed by atoms with Gasteiger partial charge in [-0.25, -0.2) is 8.42 Å². The average molecular weight is 363 g/mol. The first-order valence-electron chi connectivity index (χ1n) is 8.07. The van der Waals surface area contributed by atoms with Crippen molar-refractivity contribution in [1.82, 2.24) is 15.0 Å². The lowest BCUT2D eigenvalue weighted by Crippen LogP contribution is -2.48. The summed E-state index contributed by atoms with van der Waals surface area (Å²) in [6, 6.07) is 8.12. The normalized spacial score (nSPS) is 16.2. The SMILES string of the molecule is Cc1cc(CN2CCN(C(=O)c3cccc(S(C)(=O)=O)c3)CC2)no1. The Morgan fingerprint density at radius 1 is 1.20 bits per heavy atom. The van der Waals surface area contributed by atoms with Crippen LogP contribution in [0, 0.1) is 6.92 Å². The Morgan fingerprint density at radius 3 is 2.52 bits per heavy atom. The van der Waals surface area contributed by atoms with E-state index in [1.54, 1.807) is 17.0 Å². The standard InChI is InChI=1S/C17H21N3O4S/c1-13-10-15(18-24-13)12-19-6-8-20(9-7-19)17(21)14-4-3-5-16(11-14)25(2,22)23/h3-5,10-11H,6-9,12H2,1-2H3. The van der Waals surface area contributed by atoms with E-state index < -0.39 is 9.84 Å². The van der Waals surface area contributed by atoms with Crippen molar-refractivity contribution in [2.24, 2.45) is 0 Å². The van der Waals surface area contributed by atoms with Crippen LogP contribution >= 0.6 is 0 Å². The van der Waals surface area contributed by atoms with Crippen LogP contribution < -0.4 is 0 Å². The smallest absolute Gasteiger partial charge is 0.253 e. The lowest BCUT2D eigenvalue weighted by molar-refractivity contribution is 0.0625. The van der Waals surface area contributed by atoms with Crippen LogP contribution in [0.4, 0.5) is 0 Å². The van der Waals surface area contributed by atoms with E-state index in [4.69, 9.17) is 4.52 Å². The molecule has 1 aromatic carbocycles. The lowest BCUT2D eigenvalue weighted by Gasteiger charge is -2.34. The quantitative estimate of drug-likeness (QED) is 0.815. The third-order valence-corrected chi connectivity index (χ3v) is 5.34. The van der Waals surface area contributed by atoms with Gasteiger partial charge in [0.05, 0.1) is 10.6 Å². The van der Waals surface area contributed by atoms with Crippen molar-refractivity contribution in [1.29, 1.82) is 0 Å². The number of aromatic nitrogens is 1. The van der Waals surface area contributed by atoms with Crippen LogP contribution in [0.1, 0.15) is 21.8 Å². The number of sulfone groups is 1. The maximum atomic E-state index is 12.6. The maximum Gasteiger partial charge on any atom is 0.253 e. The van der Waals surface area contributed by atoms with Crippen LogP contribution in [0.2, 0.25) is 0 Å². The summed E-state index contributed by atoms with van der Waals surface area (Å²) < 4.78 is 28.4. The van der Waals surface area contributed by atoms with Crippen molar-refractivity contribution in [3.8, 4) is 0 Å². The molecule has 3 rings (SSSR count). The predicted octanol–water partition coefficient (Wildman–Crippen LogP) is 1.34. The van der Waals surface area contributed by atoms with E-state index in [2.05, 4.69) is 10.1 Å². The molecule has 1 aliphatic heterocycles. The second-order valence-corrected chi connectivity index (χ2v) is 8.31. The van der Waals surface area contributed by atoms with Gasteiger partial charge < -0.3 is 9.42 Å². The fraction of sp³-hybridized carbons (Fsp3) is 0.412. The van der Waals surface area contributed by atoms with Gasteiger partial charge in [-0.3, -0.25) is 9.69 Å². The third-order valence-electron chi connectivity index (χ3n) is 4.23. The Morgan fingerprint density at radius 2 is 1.92 bits per heavy atom. The fourth-order valence-corrected chi connectivity index (χ4v) is 3.54. The molecular formula is C17H21N3O4S. The van der Waals surface area contributed by atoms with Crippen molar-refractivity contribution in [2.45, 2.75) is 18.4 Å². The number of rotatable bonds is 4. The monoisotopic (exact) mass is 363 g/mol. The average Bonchev–Trinajstić information content (AvgIpc) is 2.99. The summed E-state index contributed by atoms with van der Waals surface area (Å²) >= 11 is 0. The van der Waals surface area contributed by atoms with Gasteiger partial charge in [0.1, 0.15) is 5.76 Å². The molecule has 0 spiro atoms. The molecule has 1 saturated heterocycles. The second kappa shape index (κ2) is 6.97. The molecule has 0 unspecified atom stereocenters. The largest absolute Gasteiger partial charge is 0.361 e. The first kappa shape index (κ1) is 17.6. The molecule has 8 heteroatoms. The van der Waals surface area contributed by atoms with Crippen molar-refractivity contribution >= 4 is 15.7 Å². The van der Waals surface area contributed by atoms with Gasteiger partial charge in [-0.1, -0.05) is 11.2 Å². The number of hydrogen-bond acceptors (Lipinski definition) is 6. The summed E-state index contributed by atoms with van der Waals surface area (Å²) in [5, 5.41) is 3.99. The zero-order chi connectivity index (χ0) is 18.0. The van der Waals surface area contributed by atoms with E-state index in [1.165, 1.54) is 12.1 Å². The number of nitrogens with zero attached hydrogens (tertiary/aromatic N) is 3. The molecule has 0 bridgehead atoms. The molecule has 0 N–H and O–H groups in total. The van der Waals surface area contributed by atoms with E-state index >= 15 is 0 Å². The third kappa shape index (κ3) is 4.26. The molecule has 1 amide bonds. The van der Waals surface area contributed by atoms with Crippen LogP contribution in [0.3, 0.4) is 0 Å². The number of amides is 1. The van der Waals surface area contributed by atoms with Crippen molar-refractivity contribution < 1.29 is 17.7 Å². The minimum atomic E-state index is -3.33. The summed E-state index contributed by atoms with van der Waals surface area (Å²) in [6.07, 6.45) is 1.14. The van der Waals surface area contributed by atoms with E-state index in [0.717, 1.165) is 30.8 Å². The Hall–Kier alpha value is -2.19. The summed E-state index contributed by atoms with van der Waals surface area (Å²) in [5.41, 5.74) is 1.29. The van der Waals surface area contributed by atoms with Gasteiger partial charge in [0.15, 0.2) is 9.84 Å². The predicted molar refractivity (Wildman–Crippen MR) is 92.0 cm³/mol. The Kier molecular flexibility index (Phi) is 4.91. The summed E-state index contributed by atoms with van der Waals surface area (Å²) in [7, 11) is -3.33. The minimum Gasteiger partial charge on any atom is -0.361 e. The molecule has 1 fully saturated rings. The second-order valence-electron chi connectivity index (χ2n) is 6.30. The van der Waals surface area contributed by atoms with E-state index in [9.17, 15) is 13.2 Å². The highest BCUT2D eigenvalue weighted by Crippen LogP contribution is 2.15. The molecule has 2 heterocycles. The van der Waals surface area contributed by atoms with Crippen molar-refractivity contribution in [2.75, 3.05) is 32.4 Å². The number of carbonyl (C=O) groups is 1. The molecule has 1 aromatic heterocycles. The highest BCUT2D eigenvalue weighted by atomic mass is 32.2. The van der Waals surface area contributed by atoms with Crippen LogP contribution in [0.5, 0.6) is 0 Å². The van der Waals surface area contributed by atoms with Gasteiger partial charge >= 0.3 is 0 Å². The highest BCUT2D eigenvalue weighted by molar-refractivity contribution is 7.90. The maximum absolute atomic E-state index is 12.6. The molecule has 0 aliphatic carbocycles. The number of hydrogen-bond donors (Lipinski definition) is 0. The summed E-state index contributed by atoms with van der Waals surface area (Å²) in [6.45, 7) is 5.23. The topological polar surface area (TPSA) is 83.7 Å². The summed E-state index contributed by atoms with van der Waals surface area (Å²) in [5.74, 6) is 0.650. The van der Waals surface area contributed by atoms with Gasteiger partial charge in [0.2, 0.25) is 0 Å². The molecule has 0 radical (unpaired) electrons. The Labute approximate surface area is 147 Å². The van der Waals surface area contributed by atoms with Crippen LogP contribution in [0.15, 0.2) is 39.8 Å². The van der Waals surface area contributed by atoms with Crippen molar-refractivity contribution in [3.63, 3.8) is 0 Å². The zero-order valence-corrected chi connectivity index (χ0v) is 15.1. The van der Waals surface area contributed by atoms with Crippen LogP contribution in [0.25, 0.3) is 0 Å². The zero-order valence-electron chi connectivity index (χ0n) is 14.3. The number of carbonyl (C=O) groups excluding carboxylic acids is 1. The molecule has 1 aliphatic rings. The van der Waals surface area contributed by atoms with Gasteiger partial charge in [-0.2, -0.15) is 0 Å². The highest BCUT2D eigenvalue weighted by Gasteiger charge is 2.23. The molecule has 25 heavy (non-hydrogen) atoms. The molecule has 0 atom stereocenters. The first-order chi connectivity index (χ1) is 11.8. The molecule has 0 saturated carbocycles. The minimum absolute atomic E-state index is 0.137. The molecule has 2 aromatic rings. The Balaban J connectivity index is 1.62. The van der Waals surface area contributed by atoms with E-state index in [-0.39, 0.29) is 10.8 Å². The van der Waals surface area contributed by atoms with Gasteiger partial charge in [0.25, 0.3) is 5.91 Å². The molecular weight excluding hydrogens is 342 g/mol. The van der Waals surface area contributed by atoms with Crippen LogP contribution in [-0.4, -0.2) is 61.7 Å². The Bertz CT molecular complexity index is 868. The van der Waals surface area contributed by atoms with Crippen LogP contribution in [-0.2, 0) is 16.4 Å². The van der Waals surface area contributed by atoms with Gasteiger partial charge in [0, 0.05) is 50.6 Å². The number of benzene rings is 1. The van der Waals surface area contributed by atoms with E-state index in [1.807, 2.05) is 13.0 Å². The molecule has 7 nitrogen and oxygen atoms in total. The lowest BCUT2D eigenvalue weighted by atomic mass is 10.2. The van der Waals surface area contributed by atoms with Gasteiger partial charge in [-0.15, -0.1) is 0 Å². The van der Waals surface area contributed by atoms with Gasteiger partial charge in [-0.05, 0) is 25.1 Å². The molecule has 134 valence electrons. The first-order valence-corrected chi connectivity index (χ1v) is 9.96. The number of piperazine rings is 1. The van der Waals surface area contributed by atoms with E-state index in [0.29, 0.717) is 25.2 Å².